The van der Waals surface area contributed by atoms with E-state index in [2.05, 4.69) is 26.0 Å². The normalized spacial score (nSPS) is 17.8. The van der Waals surface area contributed by atoms with Gasteiger partial charge in [0.2, 0.25) is 0 Å². The SMILES string of the molecule is CC(C)CCn1c(C(C(=O)O)N2CC[C@@H](OCCCCc3ccc4c(n3)CCCC4)C2)cccc1=O.O=CO. The van der Waals surface area contributed by atoms with Crippen molar-refractivity contribution in [2.45, 2.75) is 90.3 Å². The summed E-state index contributed by atoms with van der Waals surface area (Å²) in [5.41, 5.74) is 4.32. The van der Waals surface area contributed by atoms with Crippen molar-refractivity contribution < 1.29 is 24.5 Å². The minimum absolute atomic E-state index is 0.0215. The monoisotopic (exact) mass is 541 g/mol. The third-order valence-electron chi connectivity index (χ3n) is 7.49. The predicted molar refractivity (Wildman–Crippen MR) is 149 cm³/mol. The molecule has 2 atom stereocenters. The summed E-state index contributed by atoms with van der Waals surface area (Å²) in [5.74, 6) is -0.488. The molecule has 9 nitrogen and oxygen atoms in total. The number of carbonyl (C=O) groups is 2. The molecule has 9 heteroatoms. The molecule has 2 aliphatic rings. The Morgan fingerprint density at radius 3 is 2.69 bits per heavy atom. The molecular weight excluding hydrogens is 498 g/mol. The number of carboxylic acid groups (broad SMARTS) is 2. The minimum Gasteiger partial charge on any atom is -0.483 e. The Morgan fingerprint density at radius 1 is 1.18 bits per heavy atom. The fraction of sp³-hybridized carbons (Fsp3) is 0.600. The number of pyridine rings is 2. The van der Waals surface area contributed by atoms with Crippen LogP contribution in [0.3, 0.4) is 0 Å². The van der Waals surface area contributed by atoms with Crippen molar-refractivity contribution in [3.8, 4) is 0 Å². The highest BCUT2D eigenvalue weighted by atomic mass is 16.5. The molecule has 1 aliphatic heterocycles. The van der Waals surface area contributed by atoms with Crippen molar-refractivity contribution in [1.82, 2.24) is 14.5 Å². The highest BCUT2D eigenvalue weighted by Crippen LogP contribution is 2.27. The van der Waals surface area contributed by atoms with E-state index in [1.165, 1.54) is 35.9 Å². The average molecular weight is 542 g/mol. The summed E-state index contributed by atoms with van der Waals surface area (Å²) < 4.78 is 7.78. The van der Waals surface area contributed by atoms with Gasteiger partial charge >= 0.3 is 5.97 Å². The van der Waals surface area contributed by atoms with E-state index in [1.807, 2.05) is 4.90 Å². The zero-order valence-electron chi connectivity index (χ0n) is 23.3. The average Bonchev–Trinajstić information content (AvgIpc) is 3.36. The Labute approximate surface area is 230 Å². The van der Waals surface area contributed by atoms with E-state index in [4.69, 9.17) is 19.6 Å². The first-order valence-corrected chi connectivity index (χ1v) is 14.2. The predicted octanol–water partition coefficient (Wildman–Crippen LogP) is 4.11. The van der Waals surface area contributed by atoms with Crippen LogP contribution in [0.5, 0.6) is 0 Å². The van der Waals surface area contributed by atoms with Crippen LogP contribution in [0.15, 0.2) is 35.1 Å². The largest absolute Gasteiger partial charge is 0.483 e. The number of hydrogen-bond donors (Lipinski definition) is 2. The molecule has 39 heavy (non-hydrogen) atoms. The molecule has 4 rings (SSSR count). The maximum atomic E-state index is 12.6. The molecule has 0 radical (unpaired) electrons. The van der Waals surface area contributed by atoms with Gasteiger partial charge in [0.25, 0.3) is 12.0 Å². The lowest BCUT2D eigenvalue weighted by Gasteiger charge is -2.27. The number of hydrogen-bond acceptors (Lipinski definition) is 6. The Hall–Kier alpha value is -3.04. The third kappa shape index (κ3) is 9.00. The van der Waals surface area contributed by atoms with Gasteiger partial charge in [-0.05, 0) is 81.4 Å². The summed E-state index contributed by atoms with van der Waals surface area (Å²) in [6.07, 6.45) is 9.42. The van der Waals surface area contributed by atoms with Crippen LogP contribution < -0.4 is 5.56 Å². The lowest BCUT2D eigenvalue weighted by Crippen LogP contribution is -2.37. The summed E-state index contributed by atoms with van der Waals surface area (Å²) in [4.78, 5) is 40.1. The van der Waals surface area contributed by atoms with E-state index in [9.17, 15) is 14.7 Å². The van der Waals surface area contributed by atoms with Gasteiger partial charge in [-0.25, -0.2) is 0 Å². The van der Waals surface area contributed by atoms with E-state index < -0.39 is 12.0 Å². The summed E-state index contributed by atoms with van der Waals surface area (Å²) in [7, 11) is 0. The van der Waals surface area contributed by atoms with Crippen LogP contribution in [-0.4, -0.2) is 62.9 Å². The lowest BCUT2D eigenvalue weighted by atomic mass is 9.95. The molecule has 2 aromatic heterocycles. The van der Waals surface area contributed by atoms with Crippen LogP contribution in [0, 0.1) is 5.92 Å². The zero-order valence-corrected chi connectivity index (χ0v) is 23.3. The molecule has 2 aromatic rings. The Kier molecular flexibility index (Phi) is 12.1. The van der Waals surface area contributed by atoms with Gasteiger partial charge in [0.1, 0.15) is 6.04 Å². The van der Waals surface area contributed by atoms with Crippen molar-refractivity contribution in [2.24, 2.45) is 5.92 Å². The number of unbranched alkanes of at least 4 members (excludes halogenated alkanes) is 1. The van der Waals surface area contributed by atoms with Crippen molar-refractivity contribution >= 4 is 12.4 Å². The number of aryl methyl sites for hydroxylation is 3. The maximum Gasteiger partial charge on any atom is 0.327 e. The molecule has 0 spiro atoms. The van der Waals surface area contributed by atoms with Crippen molar-refractivity contribution in [1.29, 1.82) is 0 Å². The van der Waals surface area contributed by atoms with E-state index in [-0.39, 0.29) is 18.1 Å². The van der Waals surface area contributed by atoms with E-state index in [0.717, 1.165) is 44.9 Å². The van der Waals surface area contributed by atoms with Crippen LogP contribution in [-0.2, 0) is 40.1 Å². The van der Waals surface area contributed by atoms with Gasteiger partial charge in [0.15, 0.2) is 0 Å². The van der Waals surface area contributed by atoms with Gasteiger partial charge < -0.3 is 19.5 Å². The van der Waals surface area contributed by atoms with Crippen molar-refractivity contribution in [2.75, 3.05) is 19.7 Å². The standard InChI is InChI=1S/C29H41N3O4.CH2O2/c1-21(2)15-18-32-26(11-7-12-27(32)33)28(29(34)35)31-17-16-24(20-31)36-19-6-5-9-23-14-13-22-8-3-4-10-25(22)30-23;2-1-3/h7,11-14,21,24,28H,3-6,8-10,15-20H2,1-2H3,(H,34,35);1H,(H,2,3)/t24-,28?;/m1./s1. The van der Waals surface area contributed by atoms with Crippen LogP contribution in [0.25, 0.3) is 0 Å². The molecule has 1 saturated heterocycles. The summed E-state index contributed by atoms with van der Waals surface area (Å²) >= 11 is 0. The number of aliphatic carboxylic acids is 1. The topological polar surface area (TPSA) is 122 Å². The number of rotatable bonds is 12. The smallest absolute Gasteiger partial charge is 0.327 e. The fourth-order valence-corrected chi connectivity index (χ4v) is 5.42. The maximum absolute atomic E-state index is 12.6. The van der Waals surface area contributed by atoms with E-state index >= 15 is 0 Å². The van der Waals surface area contributed by atoms with Crippen LogP contribution in [0.4, 0.5) is 0 Å². The second-order valence-electron chi connectivity index (χ2n) is 10.8. The molecule has 0 saturated carbocycles. The Bertz CT molecular complexity index is 1130. The van der Waals surface area contributed by atoms with Crippen LogP contribution in [0.2, 0.25) is 0 Å². The van der Waals surface area contributed by atoms with Gasteiger partial charge in [-0.2, -0.15) is 0 Å². The lowest BCUT2D eigenvalue weighted by molar-refractivity contribution is -0.143. The van der Waals surface area contributed by atoms with Gasteiger partial charge in [0, 0.05) is 49.4 Å². The summed E-state index contributed by atoms with van der Waals surface area (Å²) in [6.45, 7) is 6.38. The summed E-state index contributed by atoms with van der Waals surface area (Å²) in [6, 6.07) is 8.56. The van der Waals surface area contributed by atoms with E-state index in [1.54, 1.807) is 16.7 Å². The van der Waals surface area contributed by atoms with Crippen molar-refractivity contribution in [3.05, 3.63) is 63.3 Å². The highest BCUT2D eigenvalue weighted by Gasteiger charge is 2.35. The molecule has 1 fully saturated rings. The highest BCUT2D eigenvalue weighted by molar-refractivity contribution is 5.75. The molecule has 0 amide bonds. The second kappa shape index (κ2) is 15.5. The number of carboxylic acids is 1. The van der Waals surface area contributed by atoms with Crippen molar-refractivity contribution in [3.63, 3.8) is 0 Å². The second-order valence-corrected chi connectivity index (χ2v) is 10.8. The number of ether oxygens (including phenoxy) is 1. The first kappa shape index (κ1) is 30.5. The fourth-order valence-electron chi connectivity index (χ4n) is 5.42. The third-order valence-corrected chi connectivity index (χ3v) is 7.49. The van der Waals surface area contributed by atoms with Gasteiger partial charge in [-0.15, -0.1) is 0 Å². The Balaban J connectivity index is 0.00000134. The van der Waals surface area contributed by atoms with Gasteiger partial charge in [0.05, 0.1) is 6.10 Å². The van der Waals surface area contributed by atoms with Gasteiger partial charge in [-0.1, -0.05) is 26.0 Å². The molecule has 2 N–H and O–H groups in total. The quantitative estimate of drug-likeness (QED) is 0.304. The van der Waals surface area contributed by atoms with Crippen LogP contribution in [0.1, 0.15) is 81.1 Å². The molecule has 1 unspecified atom stereocenters. The number of likely N-dealkylation sites (tertiary alicyclic amines) is 1. The minimum atomic E-state index is -0.919. The Morgan fingerprint density at radius 2 is 1.95 bits per heavy atom. The molecule has 0 bridgehead atoms. The molecule has 3 heterocycles. The first-order chi connectivity index (χ1) is 18.8. The van der Waals surface area contributed by atoms with Gasteiger partial charge in [-0.3, -0.25) is 24.3 Å². The molecular formula is C30H43N3O6. The van der Waals surface area contributed by atoms with Crippen LogP contribution >= 0.6 is 0 Å². The van der Waals surface area contributed by atoms with E-state index in [0.29, 0.717) is 37.9 Å². The first-order valence-electron chi connectivity index (χ1n) is 14.2. The number of nitrogens with zero attached hydrogens (tertiary/aromatic N) is 3. The molecule has 0 aromatic carbocycles. The summed E-state index contributed by atoms with van der Waals surface area (Å²) in [5, 5.41) is 17.0. The molecule has 214 valence electrons. The zero-order chi connectivity index (χ0) is 28.2. The number of aromatic nitrogens is 2. The number of fused-ring (bicyclic) bond motifs is 1. The molecule has 1 aliphatic carbocycles.